The van der Waals surface area contributed by atoms with Crippen LogP contribution in [0.3, 0.4) is 0 Å². The summed E-state index contributed by atoms with van der Waals surface area (Å²) in [7, 11) is 0. The van der Waals surface area contributed by atoms with Crippen LogP contribution in [0.4, 0.5) is 0 Å². The third-order valence-corrected chi connectivity index (χ3v) is 9.28. The highest BCUT2D eigenvalue weighted by Gasteiger charge is 2.42. The molecule has 50 heavy (non-hydrogen) atoms. The zero-order valence-corrected chi connectivity index (χ0v) is 29.5. The van der Waals surface area contributed by atoms with Gasteiger partial charge in [0.2, 0.25) is 5.91 Å². The predicted molar refractivity (Wildman–Crippen MR) is 189 cm³/mol. The number of nitrogens with zero attached hydrogens (tertiary/aromatic N) is 1. The highest BCUT2D eigenvalue weighted by Crippen LogP contribution is 2.43. The van der Waals surface area contributed by atoms with Gasteiger partial charge in [-0.15, -0.1) is 0 Å². The summed E-state index contributed by atoms with van der Waals surface area (Å²) < 4.78 is 19.3. The van der Waals surface area contributed by atoms with E-state index < -0.39 is 17.9 Å². The highest BCUT2D eigenvalue weighted by molar-refractivity contribution is 5.77. The van der Waals surface area contributed by atoms with E-state index in [2.05, 4.69) is 23.2 Å². The molecule has 2 aliphatic rings. The lowest BCUT2D eigenvalue weighted by molar-refractivity contribution is -0.276. The van der Waals surface area contributed by atoms with Gasteiger partial charge < -0.3 is 29.7 Å². The number of aliphatic hydroxyl groups is 1. The maximum Gasteiger partial charge on any atom is 0.323 e. The normalized spacial score (nSPS) is 22.6. The molecule has 2 fully saturated rings. The van der Waals surface area contributed by atoms with Gasteiger partial charge in [-0.25, -0.2) is 0 Å². The Kier molecular flexibility index (Phi) is 12.4. The summed E-state index contributed by atoms with van der Waals surface area (Å²) in [5.74, 6) is -1.33. The van der Waals surface area contributed by atoms with E-state index in [-0.39, 0.29) is 55.5 Å². The van der Waals surface area contributed by atoms with Crippen LogP contribution in [-0.2, 0) is 41.7 Å². The zero-order valence-electron chi connectivity index (χ0n) is 29.5. The Hall–Kier alpha value is -4.09. The Morgan fingerprint density at radius 1 is 0.920 bits per heavy atom. The fourth-order valence-electron chi connectivity index (χ4n) is 6.66. The molecule has 0 spiro atoms. The maximum atomic E-state index is 13.2. The topological polar surface area (TPSA) is 135 Å². The molecule has 5 atom stereocenters. The molecule has 0 radical (unpaired) electrons. The van der Waals surface area contributed by atoms with E-state index in [1.807, 2.05) is 87.5 Å². The Labute approximate surface area is 294 Å². The fraction of sp³-hybridized carbons (Fsp3) is 0.475. The van der Waals surface area contributed by atoms with Gasteiger partial charge >= 0.3 is 11.9 Å². The predicted octanol–water partition coefficient (Wildman–Crippen LogP) is 6.31. The van der Waals surface area contributed by atoms with Crippen LogP contribution >= 0.6 is 0 Å². The third-order valence-electron chi connectivity index (χ3n) is 9.28. The maximum absolute atomic E-state index is 13.2. The summed E-state index contributed by atoms with van der Waals surface area (Å²) in [6, 6.07) is 23.5. The summed E-state index contributed by atoms with van der Waals surface area (Å²) >= 11 is 0. The first kappa shape index (κ1) is 37.2. The van der Waals surface area contributed by atoms with Crippen molar-refractivity contribution in [2.24, 2.45) is 5.92 Å². The zero-order chi connectivity index (χ0) is 35.8. The number of carbonyl (C=O) groups excluding carboxylic acids is 2. The van der Waals surface area contributed by atoms with Crippen molar-refractivity contribution >= 4 is 17.8 Å². The average Bonchev–Trinajstić information content (AvgIpc) is 3.56. The SMILES string of the molecule is CC1C(CN2CCCC2C(=O)OC(C)(C)C)OC(c2cccc(-c3cccc(CNC(=O)CCCC(=O)O)c3)c2)OC1c1ccc(CO)cc1. The molecule has 268 valence electrons. The quantitative estimate of drug-likeness (QED) is 0.177. The number of carboxylic acid groups (broad SMARTS) is 1. The molecular weight excluding hydrogens is 636 g/mol. The molecule has 2 heterocycles. The summed E-state index contributed by atoms with van der Waals surface area (Å²) in [4.78, 5) is 38.4. The molecule has 3 N–H and O–H groups in total. The number of aliphatic hydroxyl groups excluding tert-OH is 1. The molecule has 5 rings (SSSR count). The van der Waals surface area contributed by atoms with E-state index in [9.17, 15) is 19.5 Å². The lowest BCUT2D eigenvalue weighted by Gasteiger charge is -2.43. The number of aliphatic carboxylic acids is 1. The number of likely N-dealkylation sites (tertiary alicyclic amines) is 1. The molecule has 0 aromatic heterocycles. The molecule has 3 aromatic carbocycles. The lowest BCUT2D eigenvalue weighted by Crippen LogP contribution is -2.48. The molecule has 2 saturated heterocycles. The molecule has 10 heteroatoms. The molecule has 5 unspecified atom stereocenters. The molecule has 0 aliphatic carbocycles. The van der Waals surface area contributed by atoms with Crippen LogP contribution in [0.5, 0.6) is 0 Å². The lowest BCUT2D eigenvalue weighted by atomic mass is 9.89. The van der Waals surface area contributed by atoms with Crippen molar-refractivity contribution in [1.29, 1.82) is 0 Å². The minimum Gasteiger partial charge on any atom is -0.481 e. The minimum atomic E-state index is -0.910. The van der Waals surface area contributed by atoms with Gasteiger partial charge in [0.15, 0.2) is 6.29 Å². The number of ether oxygens (including phenoxy) is 3. The number of esters is 1. The first-order chi connectivity index (χ1) is 23.9. The average molecular weight is 687 g/mol. The number of carboxylic acids is 1. The number of amides is 1. The Morgan fingerprint density at radius 2 is 1.64 bits per heavy atom. The molecule has 3 aromatic rings. The second-order valence-electron chi connectivity index (χ2n) is 14.4. The Morgan fingerprint density at radius 3 is 2.34 bits per heavy atom. The highest BCUT2D eigenvalue weighted by atomic mass is 16.7. The van der Waals surface area contributed by atoms with Gasteiger partial charge in [0.05, 0.1) is 18.8 Å². The van der Waals surface area contributed by atoms with Crippen molar-refractivity contribution in [3.05, 3.63) is 95.1 Å². The van der Waals surface area contributed by atoms with E-state index in [1.165, 1.54) is 0 Å². The van der Waals surface area contributed by atoms with Gasteiger partial charge in [-0.05, 0) is 86.5 Å². The first-order valence-electron chi connectivity index (χ1n) is 17.6. The van der Waals surface area contributed by atoms with E-state index >= 15 is 0 Å². The molecule has 1 amide bonds. The second kappa shape index (κ2) is 16.7. The number of carbonyl (C=O) groups is 3. The van der Waals surface area contributed by atoms with Crippen LogP contribution in [0, 0.1) is 5.92 Å². The number of hydrogen-bond donors (Lipinski definition) is 3. The van der Waals surface area contributed by atoms with E-state index in [4.69, 9.17) is 19.3 Å². The van der Waals surface area contributed by atoms with Gasteiger partial charge in [0.25, 0.3) is 0 Å². The number of rotatable bonds is 13. The fourth-order valence-corrected chi connectivity index (χ4v) is 6.66. The summed E-state index contributed by atoms with van der Waals surface area (Å²) in [6.45, 7) is 9.43. The van der Waals surface area contributed by atoms with Crippen LogP contribution in [0.1, 0.15) is 94.4 Å². The van der Waals surface area contributed by atoms with Crippen molar-refractivity contribution in [3.8, 4) is 11.1 Å². The van der Waals surface area contributed by atoms with Crippen LogP contribution < -0.4 is 5.32 Å². The monoisotopic (exact) mass is 686 g/mol. The van der Waals surface area contributed by atoms with E-state index in [0.29, 0.717) is 19.5 Å². The number of nitrogens with one attached hydrogen (secondary N) is 1. The second-order valence-corrected chi connectivity index (χ2v) is 14.4. The minimum absolute atomic E-state index is 0.0328. The molecule has 0 bridgehead atoms. The van der Waals surface area contributed by atoms with Crippen molar-refractivity contribution in [3.63, 3.8) is 0 Å². The van der Waals surface area contributed by atoms with Gasteiger partial charge in [-0.1, -0.05) is 67.6 Å². The standard InChI is InChI=1S/C40H50N2O8/c1-26-34(24-42-20-8-13-33(42)38(47)50-40(2,3)4)48-39(49-37(26)29-18-16-27(25-43)17-19-29)32-12-6-11-31(22-32)30-10-5-9-28(21-30)23-41-35(44)14-7-15-36(45)46/h5-6,9-12,16-19,21-22,26,33-34,37,39,43H,7-8,13-15,20,23-25H2,1-4H3,(H,41,44)(H,45,46). The van der Waals surface area contributed by atoms with Crippen molar-refractivity contribution in [1.82, 2.24) is 10.2 Å². The smallest absolute Gasteiger partial charge is 0.323 e. The Bertz CT molecular complexity index is 1620. The molecule has 10 nitrogen and oxygen atoms in total. The van der Waals surface area contributed by atoms with Crippen molar-refractivity contribution in [2.75, 3.05) is 13.1 Å². The van der Waals surface area contributed by atoms with Gasteiger partial charge in [0, 0.05) is 37.4 Å². The summed E-state index contributed by atoms with van der Waals surface area (Å²) in [5, 5.41) is 21.3. The van der Waals surface area contributed by atoms with Gasteiger partial charge in [-0.3, -0.25) is 19.3 Å². The first-order valence-corrected chi connectivity index (χ1v) is 17.6. The van der Waals surface area contributed by atoms with Crippen LogP contribution in [-0.4, -0.2) is 63.8 Å². The number of hydrogen-bond acceptors (Lipinski definition) is 8. The van der Waals surface area contributed by atoms with Crippen LogP contribution in [0.15, 0.2) is 72.8 Å². The summed E-state index contributed by atoms with van der Waals surface area (Å²) in [6.07, 6.45) is 0.885. The van der Waals surface area contributed by atoms with Crippen molar-refractivity contribution < 1.29 is 38.8 Å². The third kappa shape index (κ3) is 10.0. The van der Waals surface area contributed by atoms with E-state index in [0.717, 1.165) is 52.8 Å². The largest absolute Gasteiger partial charge is 0.481 e. The van der Waals surface area contributed by atoms with Crippen molar-refractivity contribution in [2.45, 2.75) is 103 Å². The summed E-state index contributed by atoms with van der Waals surface area (Å²) in [5.41, 5.74) is 4.98. The van der Waals surface area contributed by atoms with Crippen LogP contribution in [0.25, 0.3) is 11.1 Å². The number of benzene rings is 3. The van der Waals surface area contributed by atoms with Gasteiger partial charge in [0.1, 0.15) is 11.6 Å². The molecular formula is C40H50N2O8. The van der Waals surface area contributed by atoms with Crippen LogP contribution in [0.2, 0.25) is 0 Å². The van der Waals surface area contributed by atoms with E-state index in [1.54, 1.807) is 0 Å². The Balaban J connectivity index is 1.35. The molecule has 0 saturated carbocycles. The molecule has 2 aliphatic heterocycles. The van der Waals surface area contributed by atoms with Gasteiger partial charge in [-0.2, -0.15) is 0 Å².